The first-order chi connectivity index (χ1) is 11.5. The molecule has 1 saturated heterocycles. The number of hydrogen-bond acceptors (Lipinski definition) is 4. The molecule has 1 heterocycles. The summed E-state index contributed by atoms with van der Waals surface area (Å²) >= 11 is 6.05. The van der Waals surface area contributed by atoms with Crippen LogP contribution >= 0.6 is 11.6 Å². The van der Waals surface area contributed by atoms with Gasteiger partial charge in [0.15, 0.2) is 6.10 Å². The Hall–Kier alpha value is -1.79. The second-order valence-corrected chi connectivity index (χ2v) is 6.55. The minimum Gasteiger partial charge on any atom is -0.490 e. The molecular weight excluding hydrogens is 334 g/mol. The molecule has 6 nitrogen and oxygen atoms in total. The highest BCUT2D eigenvalue weighted by Crippen LogP contribution is 2.30. The van der Waals surface area contributed by atoms with Crippen LogP contribution in [0.4, 0.5) is 0 Å². The number of carboxylic acids is 1. The maximum absolute atomic E-state index is 12.9. The smallest absolute Gasteiger partial charge is 0.334 e. The van der Waals surface area contributed by atoms with Gasteiger partial charge in [0.25, 0.3) is 5.91 Å². The highest BCUT2D eigenvalue weighted by atomic mass is 35.5. The molecule has 24 heavy (non-hydrogen) atoms. The Morgan fingerprint density at radius 1 is 1.29 bits per heavy atom. The lowest BCUT2D eigenvalue weighted by atomic mass is 10.1. The number of carbonyl (C=O) groups excluding carboxylic acids is 1. The first-order valence-corrected chi connectivity index (χ1v) is 8.52. The summed E-state index contributed by atoms with van der Waals surface area (Å²) < 4.78 is 11.2. The first-order valence-electron chi connectivity index (χ1n) is 8.14. The van der Waals surface area contributed by atoms with Crippen molar-refractivity contribution in [3.05, 3.63) is 28.8 Å². The molecule has 2 aliphatic rings. The van der Waals surface area contributed by atoms with Gasteiger partial charge in [-0.2, -0.15) is 0 Å². The molecule has 0 aromatic heterocycles. The van der Waals surface area contributed by atoms with Gasteiger partial charge < -0.3 is 19.5 Å². The number of ether oxygens (including phenoxy) is 2. The zero-order valence-electron chi connectivity index (χ0n) is 13.2. The van der Waals surface area contributed by atoms with E-state index < -0.39 is 12.1 Å². The van der Waals surface area contributed by atoms with Crippen LogP contribution in [0.3, 0.4) is 0 Å². The number of benzene rings is 1. The summed E-state index contributed by atoms with van der Waals surface area (Å²) in [5.74, 6) is -0.837. The van der Waals surface area contributed by atoms with Crippen LogP contribution in [-0.2, 0) is 9.53 Å². The highest BCUT2D eigenvalue weighted by Gasteiger charge is 2.31. The highest BCUT2D eigenvalue weighted by molar-refractivity contribution is 6.31. The van der Waals surface area contributed by atoms with Gasteiger partial charge in [-0.3, -0.25) is 4.79 Å². The van der Waals surface area contributed by atoms with Gasteiger partial charge >= 0.3 is 5.97 Å². The molecule has 1 amide bonds. The predicted octanol–water partition coefficient (Wildman–Crippen LogP) is 2.59. The van der Waals surface area contributed by atoms with E-state index in [0.717, 1.165) is 25.7 Å². The number of rotatable bonds is 4. The van der Waals surface area contributed by atoms with Crippen molar-refractivity contribution in [3.63, 3.8) is 0 Å². The molecule has 0 bridgehead atoms. The fourth-order valence-corrected chi connectivity index (χ4v) is 3.28. The van der Waals surface area contributed by atoms with E-state index in [1.165, 1.54) is 4.90 Å². The van der Waals surface area contributed by atoms with Gasteiger partial charge in [-0.05, 0) is 43.9 Å². The zero-order chi connectivity index (χ0) is 17.1. The summed E-state index contributed by atoms with van der Waals surface area (Å²) in [6.45, 7) is 0.559. The van der Waals surface area contributed by atoms with Crippen molar-refractivity contribution in [2.24, 2.45) is 0 Å². The van der Waals surface area contributed by atoms with Crippen LogP contribution in [0.2, 0.25) is 5.02 Å². The molecule has 1 aliphatic heterocycles. The van der Waals surface area contributed by atoms with Crippen molar-refractivity contribution >= 4 is 23.5 Å². The molecule has 1 aromatic carbocycles. The lowest BCUT2D eigenvalue weighted by Crippen LogP contribution is -2.48. The molecular formula is C17H20ClNO5. The minimum absolute atomic E-state index is 0.0174. The Balaban J connectivity index is 1.80. The molecule has 1 unspecified atom stereocenters. The monoisotopic (exact) mass is 353 g/mol. The molecule has 1 aliphatic carbocycles. The van der Waals surface area contributed by atoms with Crippen molar-refractivity contribution in [2.45, 2.75) is 37.9 Å². The van der Waals surface area contributed by atoms with Gasteiger partial charge in [0.05, 0.1) is 24.8 Å². The molecule has 3 rings (SSSR count). The van der Waals surface area contributed by atoms with Gasteiger partial charge in [0.1, 0.15) is 5.75 Å². The molecule has 1 N–H and O–H groups in total. The Morgan fingerprint density at radius 2 is 2.04 bits per heavy atom. The van der Waals surface area contributed by atoms with Crippen LogP contribution in [0.15, 0.2) is 18.2 Å². The van der Waals surface area contributed by atoms with Gasteiger partial charge in [0.2, 0.25) is 0 Å². The number of morpholine rings is 1. The van der Waals surface area contributed by atoms with Crippen molar-refractivity contribution in [2.75, 3.05) is 19.7 Å². The third kappa shape index (κ3) is 3.82. The first kappa shape index (κ1) is 17.0. The van der Waals surface area contributed by atoms with E-state index in [1.54, 1.807) is 18.2 Å². The average Bonchev–Trinajstić information content (AvgIpc) is 3.09. The topological polar surface area (TPSA) is 76.1 Å². The molecule has 1 atom stereocenters. The summed E-state index contributed by atoms with van der Waals surface area (Å²) in [5, 5.41) is 9.53. The number of carboxylic acid groups (broad SMARTS) is 1. The van der Waals surface area contributed by atoms with Crippen LogP contribution in [0.1, 0.15) is 36.0 Å². The third-order valence-corrected chi connectivity index (χ3v) is 4.63. The maximum atomic E-state index is 12.9. The fraction of sp³-hybridized carbons (Fsp3) is 0.529. The van der Waals surface area contributed by atoms with Crippen LogP contribution in [0, 0.1) is 0 Å². The van der Waals surface area contributed by atoms with Crippen molar-refractivity contribution < 1.29 is 24.2 Å². The minimum atomic E-state index is -1.07. The molecule has 7 heteroatoms. The van der Waals surface area contributed by atoms with Crippen LogP contribution in [0.5, 0.6) is 5.75 Å². The average molecular weight is 354 g/mol. The lowest BCUT2D eigenvalue weighted by molar-refractivity contribution is -0.154. The number of hydrogen-bond donors (Lipinski definition) is 1. The normalized spacial score (nSPS) is 21.7. The standard InChI is InChI=1S/C17H20ClNO5/c18-11-5-6-14(24-12-3-1-2-4-12)13(9-11)16(20)19-7-8-23-15(10-19)17(21)22/h5-6,9,12,15H,1-4,7-8,10H2,(H,21,22). The quantitative estimate of drug-likeness (QED) is 0.900. The van der Waals surface area contributed by atoms with Crippen molar-refractivity contribution in [1.29, 1.82) is 0 Å². The predicted molar refractivity (Wildman–Crippen MR) is 87.6 cm³/mol. The van der Waals surface area contributed by atoms with Gasteiger partial charge in [-0.25, -0.2) is 4.79 Å². The van der Waals surface area contributed by atoms with Crippen LogP contribution in [0.25, 0.3) is 0 Å². The zero-order valence-corrected chi connectivity index (χ0v) is 14.0. The van der Waals surface area contributed by atoms with Gasteiger partial charge in [-0.1, -0.05) is 11.6 Å². The van der Waals surface area contributed by atoms with E-state index in [-0.39, 0.29) is 25.2 Å². The van der Waals surface area contributed by atoms with E-state index in [9.17, 15) is 9.59 Å². The largest absolute Gasteiger partial charge is 0.490 e. The van der Waals surface area contributed by atoms with E-state index >= 15 is 0 Å². The van der Waals surface area contributed by atoms with Crippen LogP contribution in [-0.4, -0.2) is 53.8 Å². The van der Waals surface area contributed by atoms with E-state index in [4.69, 9.17) is 26.2 Å². The van der Waals surface area contributed by atoms with Gasteiger partial charge in [-0.15, -0.1) is 0 Å². The van der Waals surface area contributed by atoms with Crippen molar-refractivity contribution in [3.8, 4) is 5.75 Å². The summed E-state index contributed by atoms with van der Waals surface area (Å²) in [6.07, 6.45) is 3.34. The Morgan fingerprint density at radius 3 is 2.75 bits per heavy atom. The molecule has 2 fully saturated rings. The van der Waals surface area contributed by atoms with Crippen molar-refractivity contribution in [1.82, 2.24) is 4.90 Å². The number of nitrogens with zero attached hydrogens (tertiary/aromatic N) is 1. The molecule has 1 aromatic rings. The Kier molecular flexibility index (Phi) is 5.26. The summed E-state index contributed by atoms with van der Waals surface area (Å²) in [5.41, 5.74) is 0.375. The second-order valence-electron chi connectivity index (χ2n) is 6.11. The Labute approximate surface area is 145 Å². The maximum Gasteiger partial charge on any atom is 0.334 e. The number of amides is 1. The summed E-state index contributed by atoms with van der Waals surface area (Å²) in [6, 6.07) is 4.99. The van der Waals surface area contributed by atoms with E-state index in [0.29, 0.717) is 22.9 Å². The lowest BCUT2D eigenvalue weighted by Gasteiger charge is -2.31. The van der Waals surface area contributed by atoms with E-state index in [1.807, 2.05) is 0 Å². The molecule has 0 radical (unpaired) electrons. The summed E-state index contributed by atoms with van der Waals surface area (Å²) in [4.78, 5) is 25.4. The number of carbonyl (C=O) groups is 2. The SMILES string of the molecule is O=C(O)C1CN(C(=O)c2cc(Cl)ccc2OC2CCCC2)CCO1. The van der Waals surface area contributed by atoms with E-state index in [2.05, 4.69) is 0 Å². The third-order valence-electron chi connectivity index (χ3n) is 4.40. The second kappa shape index (κ2) is 7.40. The molecule has 130 valence electrons. The fourth-order valence-electron chi connectivity index (χ4n) is 3.11. The summed E-state index contributed by atoms with van der Waals surface area (Å²) in [7, 11) is 0. The Bertz CT molecular complexity index is 629. The molecule has 1 saturated carbocycles. The van der Waals surface area contributed by atoms with Crippen LogP contribution < -0.4 is 4.74 Å². The number of aliphatic carboxylic acids is 1. The van der Waals surface area contributed by atoms with Gasteiger partial charge in [0, 0.05) is 11.6 Å². The molecule has 0 spiro atoms. The number of halogens is 1.